The molecule has 0 radical (unpaired) electrons. The van der Waals surface area contributed by atoms with E-state index in [1.165, 1.54) is 21.2 Å². The van der Waals surface area contributed by atoms with Crippen molar-refractivity contribution in [2.75, 3.05) is 39.2 Å². The van der Waals surface area contributed by atoms with E-state index in [1.54, 1.807) is 55.6 Å². The maximum absolute atomic E-state index is 12.6. The van der Waals surface area contributed by atoms with E-state index >= 15 is 0 Å². The number of rotatable bonds is 9. The van der Waals surface area contributed by atoms with Crippen molar-refractivity contribution in [2.45, 2.75) is 6.54 Å². The van der Waals surface area contributed by atoms with Crippen LogP contribution in [0, 0.1) is 0 Å². The van der Waals surface area contributed by atoms with Crippen LogP contribution in [0.15, 0.2) is 48.5 Å². The Labute approximate surface area is 165 Å². The largest absolute Gasteiger partial charge is 0.493 e. The molecule has 0 heterocycles. The van der Waals surface area contributed by atoms with Crippen LogP contribution in [0.25, 0.3) is 0 Å². The van der Waals surface area contributed by atoms with Crippen LogP contribution >= 0.6 is 0 Å². The Balaban J connectivity index is 2.12. The SMILES string of the molecule is COc1ccc(CNC(=O)CN(c2ccccc2)S(=O)(=O)N(C)C)cc1OC. The highest BCUT2D eigenvalue weighted by Crippen LogP contribution is 2.27. The van der Waals surface area contributed by atoms with Gasteiger partial charge in [-0.1, -0.05) is 24.3 Å². The van der Waals surface area contributed by atoms with Gasteiger partial charge in [0.05, 0.1) is 19.9 Å². The van der Waals surface area contributed by atoms with Crippen molar-refractivity contribution >= 4 is 21.8 Å². The highest BCUT2D eigenvalue weighted by atomic mass is 32.2. The Bertz CT molecular complexity index is 901. The van der Waals surface area contributed by atoms with E-state index in [4.69, 9.17) is 9.47 Å². The molecule has 0 bridgehead atoms. The predicted octanol–water partition coefficient (Wildman–Crippen LogP) is 1.63. The molecule has 2 aromatic carbocycles. The van der Waals surface area contributed by atoms with Gasteiger partial charge < -0.3 is 14.8 Å². The second-order valence-electron chi connectivity index (χ2n) is 6.10. The minimum atomic E-state index is -3.82. The number of hydrogen-bond donors (Lipinski definition) is 1. The lowest BCUT2D eigenvalue weighted by atomic mass is 10.2. The Morgan fingerprint density at radius 3 is 2.21 bits per heavy atom. The molecule has 0 saturated heterocycles. The van der Waals surface area contributed by atoms with Crippen molar-refractivity contribution in [3.05, 3.63) is 54.1 Å². The highest BCUT2D eigenvalue weighted by molar-refractivity contribution is 7.90. The molecule has 152 valence electrons. The molecule has 0 aliphatic rings. The first-order valence-corrected chi connectivity index (χ1v) is 9.92. The standard InChI is InChI=1S/C19H25N3O5S/c1-21(2)28(24,25)22(16-8-6-5-7-9-16)14-19(23)20-13-15-10-11-17(26-3)18(12-15)27-4/h5-12H,13-14H2,1-4H3,(H,20,23). The molecule has 28 heavy (non-hydrogen) atoms. The number of amides is 1. The number of ether oxygens (including phenoxy) is 2. The molecule has 0 atom stereocenters. The zero-order valence-corrected chi connectivity index (χ0v) is 17.2. The second-order valence-corrected chi connectivity index (χ2v) is 8.17. The van der Waals surface area contributed by atoms with Gasteiger partial charge in [0.2, 0.25) is 5.91 Å². The van der Waals surface area contributed by atoms with Gasteiger partial charge in [-0.15, -0.1) is 0 Å². The number of anilines is 1. The van der Waals surface area contributed by atoms with Crippen LogP contribution in [0.1, 0.15) is 5.56 Å². The van der Waals surface area contributed by atoms with Crippen LogP contribution in [0.2, 0.25) is 0 Å². The van der Waals surface area contributed by atoms with Gasteiger partial charge in [0.1, 0.15) is 6.54 Å². The van der Waals surface area contributed by atoms with Crippen LogP contribution in [-0.2, 0) is 21.5 Å². The fourth-order valence-corrected chi connectivity index (χ4v) is 3.54. The smallest absolute Gasteiger partial charge is 0.304 e. The molecule has 0 saturated carbocycles. The molecule has 0 spiro atoms. The Morgan fingerprint density at radius 2 is 1.64 bits per heavy atom. The lowest BCUT2D eigenvalue weighted by Crippen LogP contribution is -2.45. The molecule has 9 heteroatoms. The molecule has 0 aliphatic heterocycles. The molecule has 0 fully saturated rings. The third-order valence-electron chi connectivity index (χ3n) is 4.01. The molecule has 2 aromatic rings. The minimum Gasteiger partial charge on any atom is -0.493 e. The van der Waals surface area contributed by atoms with Crippen LogP contribution in [-0.4, -0.2) is 53.5 Å². The number of methoxy groups -OCH3 is 2. The van der Waals surface area contributed by atoms with Crippen LogP contribution in [0.3, 0.4) is 0 Å². The molecule has 1 N–H and O–H groups in total. The van der Waals surface area contributed by atoms with Gasteiger partial charge >= 0.3 is 10.2 Å². The van der Waals surface area contributed by atoms with E-state index in [0.717, 1.165) is 14.2 Å². The number of benzene rings is 2. The molecular formula is C19H25N3O5S. The van der Waals surface area contributed by atoms with E-state index in [0.29, 0.717) is 17.2 Å². The van der Waals surface area contributed by atoms with Crippen molar-refractivity contribution in [2.24, 2.45) is 0 Å². The number of carbonyl (C=O) groups excluding carboxylic acids is 1. The lowest BCUT2D eigenvalue weighted by Gasteiger charge is -2.26. The monoisotopic (exact) mass is 407 g/mol. The maximum Gasteiger partial charge on any atom is 0.304 e. The number of nitrogens with one attached hydrogen (secondary N) is 1. The lowest BCUT2D eigenvalue weighted by molar-refractivity contribution is -0.119. The number of hydrogen-bond acceptors (Lipinski definition) is 5. The van der Waals surface area contributed by atoms with Gasteiger partial charge in [-0.05, 0) is 29.8 Å². The fourth-order valence-electron chi connectivity index (χ4n) is 2.48. The molecule has 0 unspecified atom stereocenters. The average Bonchev–Trinajstić information content (AvgIpc) is 2.70. The van der Waals surface area contributed by atoms with Crippen molar-refractivity contribution in [1.82, 2.24) is 9.62 Å². The summed E-state index contributed by atoms with van der Waals surface area (Å²) in [7, 11) is 2.10. The van der Waals surface area contributed by atoms with E-state index < -0.39 is 16.1 Å². The summed E-state index contributed by atoms with van der Waals surface area (Å²) in [6, 6.07) is 13.8. The Kier molecular flexibility index (Phi) is 7.24. The summed E-state index contributed by atoms with van der Waals surface area (Å²) in [6.07, 6.45) is 0. The summed E-state index contributed by atoms with van der Waals surface area (Å²) in [6.45, 7) is -0.109. The van der Waals surface area contributed by atoms with E-state index in [2.05, 4.69) is 5.32 Å². The summed E-state index contributed by atoms with van der Waals surface area (Å²) < 4.78 is 37.8. The van der Waals surface area contributed by atoms with Gasteiger partial charge in [-0.3, -0.25) is 4.79 Å². The van der Waals surface area contributed by atoms with Crippen molar-refractivity contribution in [3.8, 4) is 11.5 Å². The molecule has 0 aliphatic carbocycles. The summed E-state index contributed by atoms with van der Waals surface area (Å²) in [5.74, 6) is 0.712. The summed E-state index contributed by atoms with van der Waals surface area (Å²) in [5, 5.41) is 2.74. The molecule has 8 nitrogen and oxygen atoms in total. The fraction of sp³-hybridized carbons (Fsp3) is 0.316. The van der Waals surface area contributed by atoms with E-state index in [9.17, 15) is 13.2 Å². The summed E-state index contributed by atoms with van der Waals surface area (Å²) in [5.41, 5.74) is 1.21. The van der Waals surface area contributed by atoms with Crippen LogP contribution < -0.4 is 19.1 Å². The third kappa shape index (κ3) is 5.14. The molecular weight excluding hydrogens is 382 g/mol. The summed E-state index contributed by atoms with van der Waals surface area (Å²) in [4.78, 5) is 12.5. The van der Waals surface area contributed by atoms with E-state index in [-0.39, 0.29) is 13.1 Å². The summed E-state index contributed by atoms with van der Waals surface area (Å²) >= 11 is 0. The minimum absolute atomic E-state index is 0.226. The quantitative estimate of drug-likeness (QED) is 0.683. The second kappa shape index (κ2) is 9.43. The van der Waals surface area contributed by atoms with Gasteiger partial charge in [-0.2, -0.15) is 12.7 Å². The van der Waals surface area contributed by atoms with E-state index in [1.807, 2.05) is 0 Å². The first kappa shape index (κ1) is 21.5. The number of carbonyl (C=O) groups is 1. The average molecular weight is 407 g/mol. The first-order chi connectivity index (χ1) is 13.3. The predicted molar refractivity (Wildman–Crippen MR) is 108 cm³/mol. The topological polar surface area (TPSA) is 88.2 Å². The third-order valence-corrected chi connectivity index (χ3v) is 5.83. The van der Waals surface area contributed by atoms with Gasteiger partial charge in [0.25, 0.3) is 0 Å². The zero-order valence-electron chi connectivity index (χ0n) is 16.4. The van der Waals surface area contributed by atoms with Gasteiger partial charge in [-0.25, -0.2) is 4.31 Å². The maximum atomic E-state index is 12.6. The molecule has 0 aromatic heterocycles. The normalized spacial score (nSPS) is 11.2. The zero-order chi connectivity index (χ0) is 20.7. The Hall–Kier alpha value is -2.78. The van der Waals surface area contributed by atoms with Crippen molar-refractivity contribution in [1.29, 1.82) is 0 Å². The van der Waals surface area contributed by atoms with Gasteiger partial charge in [0.15, 0.2) is 11.5 Å². The van der Waals surface area contributed by atoms with Crippen molar-refractivity contribution < 1.29 is 22.7 Å². The highest BCUT2D eigenvalue weighted by Gasteiger charge is 2.27. The molecule has 2 rings (SSSR count). The first-order valence-electron chi connectivity index (χ1n) is 8.52. The number of nitrogens with zero attached hydrogens (tertiary/aromatic N) is 2. The number of para-hydroxylation sites is 1. The van der Waals surface area contributed by atoms with Gasteiger partial charge in [0, 0.05) is 20.6 Å². The molecule has 1 amide bonds. The van der Waals surface area contributed by atoms with Crippen LogP contribution in [0.4, 0.5) is 5.69 Å². The Morgan fingerprint density at radius 1 is 1.00 bits per heavy atom. The van der Waals surface area contributed by atoms with Crippen molar-refractivity contribution in [3.63, 3.8) is 0 Å². The van der Waals surface area contributed by atoms with Crippen LogP contribution in [0.5, 0.6) is 11.5 Å².